The van der Waals surface area contributed by atoms with Crippen molar-refractivity contribution >= 4 is 46.2 Å². The maximum atomic E-state index is 11.5. The number of benzene rings is 2. The Morgan fingerprint density at radius 2 is 1.88 bits per heavy atom. The van der Waals surface area contributed by atoms with E-state index in [1.807, 2.05) is 49.3 Å². The SMILES string of the molecule is CN(C)c1cc(Cl)c(C2(c3ccc4[nH]c(=O)oc4c3)C=CC=N2)c(Cl)c1. The summed E-state index contributed by atoms with van der Waals surface area (Å²) >= 11 is 13.2. The van der Waals surface area contributed by atoms with Gasteiger partial charge in [0.1, 0.15) is 5.54 Å². The van der Waals surface area contributed by atoms with E-state index in [0.717, 1.165) is 11.3 Å². The first-order chi connectivity index (χ1) is 12.4. The van der Waals surface area contributed by atoms with E-state index < -0.39 is 11.3 Å². The van der Waals surface area contributed by atoms with Gasteiger partial charge < -0.3 is 9.32 Å². The van der Waals surface area contributed by atoms with Crippen molar-refractivity contribution < 1.29 is 4.42 Å². The summed E-state index contributed by atoms with van der Waals surface area (Å²) in [5.74, 6) is -0.497. The number of allylic oxidation sites excluding steroid dienone is 1. The highest BCUT2D eigenvalue weighted by Crippen LogP contribution is 2.46. The molecule has 1 aliphatic heterocycles. The van der Waals surface area contributed by atoms with Crippen molar-refractivity contribution in [1.82, 2.24) is 4.98 Å². The van der Waals surface area contributed by atoms with Gasteiger partial charge in [0, 0.05) is 31.6 Å². The highest BCUT2D eigenvalue weighted by molar-refractivity contribution is 6.37. The Kier molecular flexibility index (Phi) is 3.93. The molecule has 0 fully saturated rings. The smallest absolute Gasteiger partial charge is 0.408 e. The van der Waals surface area contributed by atoms with Crippen LogP contribution in [-0.2, 0) is 5.54 Å². The van der Waals surface area contributed by atoms with E-state index in [0.29, 0.717) is 26.7 Å². The Morgan fingerprint density at radius 3 is 2.50 bits per heavy atom. The third-order valence-corrected chi connectivity index (χ3v) is 5.08. The Balaban J connectivity index is 1.97. The lowest BCUT2D eigenvalue weighted by Gasteiger charge is -2.28. The second kappa shape index (κ2) is 6.04. The number of hydrogen-bond acceptors (Lipinski definition) is 4. The molecule has 0 aliphatic carbocycles. The lowest BCUT2D eigenvalue weighted by Crippen LogP contribution is -2.22. The zero-order valence-electron chi connectivity index (χ0n) is 14.1. The number of H-pyrrole nitrogens is 1. The van der Waals surface area contributed by atoms with Gasteiger partial charge in [-0.1, -0.05) is 29.3 Å². The van der Waals surface area contributed by atoms with Gasteiger partial charge in [0.15, 0.2) is 5.58 Å². The predicted octanol–water partition coefficient (Wildman–Crippen LogP) is 4.38. The fourth-order valence-corrected chi connectivity index (χ4v) is 3.98. The third kappa shape index (κ3) is 2.55. The van der Waals surface area contributed by atoms with E-state index in [2.05, 4.69) is 9.98 Å². The molecule has 0 bridgehead atoms. The van der Waals surface area contributed by atoms with Crippen molar-refractivity contribution in [3.05, 3.63) is 74.2 Å². The number of rotatable bonds is 3. The Bertz CT molecular complexity index is 1090. The fraction of sp³-hybridized carbons (Fsp3) is 0.158. The van der Waals surface area contributed by atoms with Crippen LogP contribution < -0.4 is 10.7 Å². The number of aromatic nitrogens is 1. The van der Waals surface area contributed by atoms with Crippen molar-refractivity contribution in [3.63, 3.8) is 0 Å². The minimum atomic E-state index is -0.872. The maximum absolute atomic E-state index is 11.5. The van der Waals surface area contributed by atoms with Crippen molar-refractivity contribution in [2.24, 2.45) is 4.99 Å². The average Bonchev–Trinajstić information content (AvgIpc) is 3.19. The van der Waals surface area contributed by atoms with Crippen LogP contribution in [0, 0.1) is 0 Å². The molecule has 4 rings (SSSR count). The molecule has 26 heavy (non-hydrogen) atoms. The standard InChI is InChI=1S/C19H15Cl2N3O2/c1-24(2)12-9-13(20)17(14(21)10-12)19(6-3-7-22-19)11-4-5-15-16(8-11)26-18(25)23-15/h3-10H,1-2H3,(H,23,25). The van der Waals surface area contributed by atoms with Crippen molar-refractivity contribution in [3.8, 4) is 0 Å². The van der Waals surface area contributed by atoms with Crippen LogP contribution in [0.25, 0.3) is 11.1 Å². The first-order valence-corrected chi connectivity index (χ1v) is 8.69. The number of nitrogens with zero attached hydrogens (tertiary/aromatic N) is 2. The number of nitrogens with one attached hydrogen (secondary N) is 1. The van der Waals surface area contributed by atoms with Crippen LogP contribution in [0.2, 0.25) is 10.0 Å². The van der Waals surface area contributed by atoms with Crippen LogP contribution in [0.3, 0.4) is 0 Å². The highest BCUT2D eigenvalue weighted by atomic mass is 35.5. The first kappa shape index (κ1) is 16.9. The number of halogens is 2. The van der Waals surface area contributed by atoms with Crippen LogP contribution in [0.4, 0.5) is 5.69 Å². The molecule has 0 saturated heterocycles. The van der Waals surface area contributed by atoms with E-state index in [4.69, 9.17) is 27.6 Å². The largest absolute Gasteiger partial charge is 0.417 e. The Labute approximate surface area is 159 Å². The van der Waals surface area contributed by atoms with Crippen LogP contribution in [0.5, 0.6) is 0 Å². The molecule has 1 unspecified atom stereocenters. The summed E-state index contributed by atoms with van der Waals surface area (Å²) in [7, 11) is 3.85. The van der Waals surface area contributed by atoms with E-state index in [9.17, 15) is 4.79 Å². The van der Waals surface area contributed by atoms with Gasteiger partial charge in [-0.2, -0.15) is 0 Å². The molecule has 1 aliphatic rings. The van der Waals surface area contributed by atoms with Gasteiger partial charge in [-0.05, 0) is 42.0 Å². The third-order valence-electron chi connectivity index (χ3n) is 4.49. The Morgan fingerprint density at radius 1 is 1.15 bits per heavy atom. The van der Waals surface area contributed by atoms with Crippen molar-refractivity contribution in [2.45, 2.75) is 5.54 Å². The minimum absolute atomic E-state index is 0.458. The number of anilines is 1. The number of hydrogen-bond donors (Lipinski definition) is 1. The summed E-state index contributed by atoms with van der Waals surface area (Å²) in [5.41, 5.74) is 2.60. The summed E-state index contributed by atoms with van der Waals surface area (Å²) in [4.78, 5) is 20.7. The topological polar surface area (TPSA) is 61.6 Å². The lowest BCUT2D eigenvalue weighted by atomic mass is 9.83. The summed E-state index contributed by atoms with van der Waals surface area (Å²) in [6.45, 7) is 0. The second-order valence-corrected chi connectivity index (χ2v) is 7.12. The molecule has 3 aromatic rings. The van der Waals surface area contributed by atoms with Gasteiger partial charge >= 0.3 is 5.76 Å². The van der Waals surface area contributed by atoms with Gasteiger partial charge in [0.2, 0.25) is 0 Å². The molecule has 0 radical (unpaired) electrons. The molecular weight excluding hydrogens is 373 g/mol. The molecule has 1 N–H and O–H groups in total. The lowest BCUT2D eigenvalue weighted by molar-refractivity contribution is 0.554. The molecule has 0 spiro atoms. The quantitative estimate of drug-likeness (QED) is 0.725. The molecule has 2 heterocycles. The van der Waals surface area contributed by atoms with Crippen LogP contribution >= 0.6 is 23.2 Å². The second-order valence-electron chi connectivity index (χ2n) is 6.31. The van der Waals surface area contributed by atoms with E-state index >= 15 is 0 Å². The molecular formula is C19H15Cl2N3O2. The van der Waals surface area contributed by atoms with E-state index in [1.54, 1.807) is 18.3 Å². The molecule has 7 heteroatoms. The van der Waals surface area contributed by atoms with Gasteiger partial charge in [-0.15, -0.1) is 0 Å². The average molecular weight is 388 g/mol. The minimum Gasteiger partial charge on any atom is -0.408 e. The van der Waals surface area contributed by atoms with Gasteiger partial charge in [0.05, 0.1) is 15.6 Å². The maximum Gasteiger partial charge on any atom is 0.417 e. The number of fused-ring (bicyclic) bond motifs is 1. The molecule has 0 amide bonds. The molecule has 1 atom stereocenters. The summed E-state index contributed by atoms with van der Waals surface area (Å²) < 4.78 is 5.20. The van der Waals surface area contributed by atoms with Crippen LogP contribution in [-0.4, -0.2) is 25.3 Å². The van der Waals surface area contributed by atoms with E-state index in [-0.39, 0.29) is 0 Å². The highest BCUT2D eigenvalue weighted by Gasteiger charge is 2.37. The predicted molar refractivity (Wildman–Crippen MR) is 106 cm³/mol. The van der Waals surface area contributed by atoms with Crippen molar-refractivity contribution in [1.29, 1.82) is 0 Å². The normalized spacial score (nSPS) is 18.8. The number of oxazole rings is 1. The summed E-state index contributed by atoms with van der Waals surface area (Å²) in [6, 6.07) is 9.18. The van der Waals surface area contributed by atoms with Crippen LogP contribution in [0.15, 0.2) is 56.7 Å². The van der Waals surface area contributed by atoms with Crippen LogP contribution in [0.1, 0.15) is 11.1 Å². The van der Waals surface area contributed by atoms with Gasteiger partial charge in [-0.3, -0.25) is 9.98 Å². The van der Waals surface area contributed by atoms with Gasteiger partial charge in [0.25, 0.3) is 0 Å². The number of aromatic amines is 1. The zero-order chi connectivity index (χ0) is 18.5. The molecule has 2 aromatic carbocycles. The fourth-order valence-electron chi connectivity index (χ4n) is 3.21. The molecule has 0 saturated carbocycles. The first-order valence-electron chi connectivity index (χ1n) is 7.94. The summed E-state index contributed by atoms with van der Waals surface area (Å²) in [6.07, 6.45) is 5.50. The molecule has 5 nitrogen and oxygen atoms in total. The molecule has 132 valence electrons. The molecule has 1 aromatic heterocycles. The van der Waals surface area contributed by atoms with E-state index in [1.165, 1.54) is 0 Å². The zero-order valence-corrected chi connectivity index (χ0v) is 15.6. The monoisotopic (exact) mass is 387 g/mol. The van der Waals surface area contributed by atoms with Crippen molar-refractivity contribution in [2.75, 3.05) is 19.0 Å². The summed E-state index contributed by atoms with van der Waals surface area (Å²) in [5, 5.41) is 1.03. The number of aliphatic imine (C=N–C) groups is 1. The Hall–Kier alpha value is -2.50. The van der Waals surface area contributed by atoms with Gasteiger partial charge in [-0.25, -0.2) is 4.79 Å².